The van der Waals surface area contributed by atoms with Crippen molar-refractivity contribution >= 4 is 29.9 Å². The quantitative estimate of drug-likeness (QED) is 0.172. The monoisotopic (exact) mass is 570 g/mol. The standard InChI is InChI=1S/C24H34N4O4.HI/c1-3-30-20-7-9-21(10-8-20)32-23-16-19(11-13-26-23)17-28-24(25-2)27-12-5-14-29-18-22-6-4-15-31-22;/h7-11,13,16,22H,3-6,12,14-15,17-18H2,1-2H3,(H2,25,27,28);1H. The topological polar surface area (TPSA) is 86.2 Å². The van der Waals surface area contributed by atoms with Crippen molar-refractivity contribution in [2.75, 3.05) is 40.0 Å². The highest BCUT2D eigenvalue weighted by molar-refractivity contribution is 14.0. The molecular weight excluding hydrogens is 535 g/mol. The number of rotatable bonds is 12. The second kappa shape index (κ2) is 15.7. The first-order valence-electron chi connectivity index (χ1n) is 11.3. The molecule has 1 unspecified atom stereocenters. The highest BCUT2D eigenvalue weighted by Crippen LogP contribution is 2.23. The number of halogens is 1. The van der Waals surface area contributed by atoms with E-state index in [4.69, 9.17) is 18.9 Å². The van der Waals surface area contributed by atoms with E-state index < -0.39 is 0 Å². The van der Waals surface area contributed by atoms with E-state index in [1.807, 2.05) is 43.3 Å². The molecule has 8 nitrogen and oxygen atoms in total. The first-order chi connectivity index (χ1) is 15.8. The number of aliphatic imine (C=N–C) groups is 1. The van der Waals surface area contributed by atoms with Gasteiger partial charge in [-0.25, -0.2) is 4.98 Å². The molecule has 0 amide bonds. The van der Waals surface area contributed by atoms with Crippen LogP contribution < -0.4 is 20.1 Å². The summed E-state index contributed by atoms with van der Waals surface area (Å²) in [6.07, 6.45) is 5.17. The molecule has 9 heteroatoms. The van der Waals surface area contributed by atoms with Gasteiger partial charge in [0.15, 0.2) is 5.96 Å². The maximum Gasteiger partial charge on any atom is 0.219 e. The van der Waals surface area contributed by atoms with Gasteiger partial charge in [-0.15, -0.1) is 24.0 Å². The van der Waals surface area contributed by atoms with E-state index in [0.29, 0.717) is 38.0 Å². The average molecular weight is 570 g/mol. The normalized spacial score (nSPS) is 15.6. The Morgan fingerprint density at radius 3 is 2.73 bits per heavy atom. The molecule has 3 rings (SSSR count). The number of pyridine rings is 1. The molecule has 1 fully saturated rings. The highest BCUT2D eigenvalue weighted by Gasteiger charge is 2.14. The lowest BCUT2D eigenvalue weighted by Crippen LogP contribution is -2.37. The van der Waals surface area contributed by atoms with Gasteiger partial charge >= 0.3 is 0 Å². The van der Waals surface area contributed by atoms with Crippen LogP contribution >= 0.6 is 24.0 Å². The third-order valence-corrected chi connectivity index (χ3v) is 4.93. The molecule has 2 aromatic rings. The van der Waals surface area contributed by atoms with E-state index in [0.717, 1.165) is 49.7 Å². The summed E-state index contributed by atoms with van der Waals surface area (Å²) >= 11 is 0. The summed E-state index contributed by atoms with van der Waals surface area (Å²) in [5, 5.41) is 6.62. The molecule has 1 aromatic heterocycles. The predicted molar refractivity (Wildman–Crippen MR) is 140 cm³/mol. The van der Waals surface area contributed by atoms with Gasteiger partial charge in [-0.3, -0.25) is 4.99 Å². The molecule has 1 saturated heterocycles. The molecule has 0 saturated carbocycles. The van der Waals surface area contributed by atoms with Gasteiger partial charge in [0.1, 0.15) is 11.5 Å². The van der Waals surface area contributed by atoms with Crippen LogP contribution in [0.5, 0.6) is 17.4 Å². The first-order valence-corrected chi connectivity index (χ1v) is 11.3. The average Bonchev–Trinajstić information content (AvgIpc) is 3.33. The van der Waals surface area contributed by atoms with E-state index in [1.165, 1.54) is 0 Å². The van der Waals surface area contributed by atoms with Crippen molar-refractivity contribution in [3.05, 3.63) is 48.2 Å². The van der Waals surface area contributed by atoms with Crippen LogP contribution in [0.3, 0.4) is 0 Å². The number of nitrogens with one attached hydrogen (secondary N) is 2. The van der Waals surface area contributed by atoms with Crippen LogP contribution in [0, 0.1) is 0 Å². The van der Waals surface area contributed by atoms with Gasteiger partial charge in [0, 0.05) is 45.6 Å². The summed E-state index contributed by atoms with van der Waals surface area (Å²) in [5.74, 6) is 2.82. The fraction of sp³-hybridized carbons (Fsp3) is 0.500. The molecule has 1 aliphatic rings. The van der Waals surface area contributed by atoms with Crippen LogP contribution in [0.1, 0.15) is 31.7 Å². The molecule has 1 atom stereocenters. The summed E-state index contributed by atoms with van der Waals surface area (Å²) in [5.41, 5.74) is 1.05. The van der Waals surface area contributed by atoms with Crippen LogP contribution in [0.15, 0.2) is 47.6 Å². The highest BCUT2D eigenvalue weighted by atomic mass is 127. The lowest BCUT2D eigenvalue weighted by molar-refractivity contribution is 0.0168. The van der Waals surface area contributed by atoms with Crippen molar-refractivity contribution in [2.24, 2.45) is 4.99 Å². The molecule has 33 heavy (non-hydrogen) atoms. The Labute approximate surface area is 213 Å². The number of nitrogens with zero attached hydrogens (tertiary/aromatic N) is 2. The summed E-state index contributed by atoms with van der Waals surface area (Å²) < 4.78 is 22.6. The fourth-order valence-corrected chi connectivity index (χ4v) is 3.29. The number of benzene rings is 1. The molecule has 0 aliphatic carbocycles. The molecule has 1 aliphatic heterocycles. The summed E-state index contributed by atoms with van der Waals surface area (Å²) in [7, 11) is 1.76. The number of ether oxygens (including phenoxy) is 4. The molecule has 0 spiro atoms. The number of guanidine groups is 1. The largest absolute Gasteiger partial charge is 0.494 e. The predicted octanol–water partition coefficient (Wildman–Crippen LogP) is 4.14. The van der Waals surface area contributed by atoms with Crippen LogP contribution in [-0.2, 0) is 16.0 Å². The van der Waals surface area contributed by atoms with Gasteiger partial charge in [0.05, 0.1) is 19.3 Å². The lowest BCUT2D eigenvalue weighted by atomic mass is 10.2. The van der Waals surface area contributed by atoms with Crippen molar-refractivity contribution in [3.63, 3.8) is 0 Å². The molecule has 0 radical (unpaired) electrons. The Bertz CT molecular complexity index is 829. The third-order valence-electron chi connectivity index (χ3n) is 4.93. The van der Waals surface area contributed by atoms with Crippen LogP contribution in [0.2, 0.25) is 0 Å². The second-order valence-electron chi connectivity index (χ2n) is 7.42. The van der Waals surface area contributed by atoms with E-state index in [9.17, 15) is 0 Å². The smallest absolute Gasteiger partial charge is 0.219 e. The Hall–Kier alpha value is -2.11. The van der Waals surface area contributed by atoms with Gasteiger partial charge in [0.25, 0.3) is 0 Å². The summed E-state index contributed by atoms with van der Waals surface area (Å²) in [4.78, 5) is 8.57. The second-order valence-corrected chi connectivity index (χ2v) is 7.42. The Kier molecular flexibility index (Phi) is 12.9. The number of aromatic nitrogens is 1. The molecular formula is C24H35IN4O4. The maximum atomic E-state index is 5.86. The van der Waals surface area contributed by atoms with Crippen molar-refractivity contribution in [3.8, 4) is 17.4 Å². The van der Waals surface area contributed by atoms with E-state index in [2.05, 4.69) is 20.6 Å². The van der Waals surface area contributed by atoms with E-state index in [-0.39, 0.29) is 30.1 Å². The van der Waals surface area contributed by atoms with Gasteiger partial charge in [-0.1, -0.05) is 0 Å². The molecule has 182 valence electrons. The van der Waals surface area contributed by atoms with Crippen molar-refractivity contribution in [2.45, 2.75) is 38.8 Å². The molecule has 1 aromatic carbocycles. The Morgan fingerprint density at radius 1 is 1.18 bits per heavy atom. The summed E-state index contributed by atoms with van der Waals surface area (Å²) in [6.45, 7) is 6.25. The van der Waals surface area contributed by atoms with Crippen LogP contribution in [0.4, 0.5) is 0 Å². The minimum Gasteiger partial charge on any atom is -0.494 e. The Morgan fingerprint density at radius 2 is 2.00 bits per heavy atom. The van der Waals surface area contributed by atoms with E-state index >= 15 is 0 Å². The fourth-order valence-electron chi connectivity index (χ4n) is 3.29. The van der Waals surface area contributed by atoms with Gasteiger partial charge < -0.3 is 29.6 Å². The SMILES string of the molecule is CCOc1ccc(Oc2cc(CNC(=NC)NCCCOCC3CCCO3)ccn2)cc1.I. The minimum atomic E-state index is 0. The lowest BCUT2D eigenvalue weighted by Gasteiger charge is -2.13. The zero-order valence-corrected chi connectivity index (χ0v) is 21.7. The Balaban J connectivity index is 0.00000385. The van der Waals surface area contributed by atoms with Crippen molar-refractivity contribution < 1.29 is 18.9 Å². The first kappa shape index (κ1) is 27.1. The van der Waals surface area contributed by atoms with Gasteiger partial charge in [-0.05, 0) is 62.1 Å². The number of hydrogen-bond acceptors (Lipinski definition) is 6. The van der Waals surface area contributed by atoms with Crippen LogP contribution in [-0.4, -0.2) is 57.1 Å². The zero-order chi connectivity index (χ0) is 22.4. The minimum absolute atomic E-state index is 0. The van der Waals surface area contributed by atoms with Crippen molar-refractivity contribution in [1.82, 2.24) is 15.6 Å². The maximum absolute atomic E-state index is 5.86. The molecule has 0 bridgehead atoms. The van der Waals surface area contributed by atoms with Gasteiger partial charge in [-0.2, -0.15) is 0 Å². The van der Waals surface area contributed by atoms with Crippen molar-refractivity contribution in [1.29, 1.82) is 0 Å². The third kappa shape index (κ3) is 10.1. The number of hydrogen-bond donors (Lipinski definition) is 2. The van der Waals surface area contributed by atoms with Crippen LogP contribution in [0.25, 0.3) is 0 Å². The zero-order valence-electron chi connectivity index (χ0n) is 19.4. The summed E-state index contributed by atoms with van der Waals surface area (Å²) in [6, 6.07) is 11.4. The van der Waals surface area contributed by atoms with E-state index in [1.54, 1.807) is 13.2 Å². The molecule has 2 N–H and O–H groups in total. The molecule has 2 heterocycles. The van der Waals surface area contributed by atoms with Gasteiger partial charge in [0.2, 0.25) is 5.88 Å².